The predicted molar refractivity (Wildman–Crippen MR) is 276 cm³/mol. The van der Waals surface area contributed by atoms with E-state index in [9.17, 15) is 5.48 Å². The molecule has 0 N–H and O–H groups in total. The molecule has 336 valence electrons. The zero-order valence-corrected chi connectivity index (χ0v) is 41.8. The Kier molecular flexibility index (Phi) is 11.7. The van der Waals surface area contributed by atoms with Crippen molar-refractivity contribution in [2.75, 3.05) is 0 Å². The third kappa shape index (κ3) is 9.59. The molecule has 0 saturated carbocycles. The number of rotatable bonds is 13. The van der Waals surface area contributed by atoms with Crippen molar-refractivity contribution in [1.82, 2.24) is 15.0 Å². The number of hydrogen-bond acceptors (Lipinski definition) is 3. The Morgan fingerprint density at radius 3 is 1.50 bits per heavy atom. The summed E-state index contributed by atoms with van der Waals surface area (Å²) >= 11 is 0. The van der Waals surface area contributed by atoms with Crippen molar-refractivity contribution in [3.8, 4) is 56.0 Å². The Morgan fingerprint density at radius 2 is 0.971 bits per heavy atom. The minimum atomic E-state index is -2.56. The number of nitrogens with zero attached hydrogens (tertiary/aromatic N) is 3. The fourth-order valence-corrected chi connectivity index (χ4v) is 9.80. The summed E-state index contributed by atoms with van der Waals surface area (Å²) < 4.78 is 40.3. The first-order valence-corrected chi connectivity index (χ1v) is 23.2. The predicted octanol–water partition coefficient (Wildman–Crippen LogP) is 15.1. The van der Waals surface area contributed by atoms with Gasteiger partial charge >= 0.3 is 20.1 Å². The van der Waals surface area contributed by atoms with Gasteiger partial charge in [-0.1, -0.05) is 126 Å². The van der Waals surface area contributed by atoms with Crippen LogP contribution in [0.4, 0.5) is 0 Å². The number of hydrogen-bond donors (Lipinski definition) is 0. The van der Waals surface area contributed by atoms with Crippen molar-refractivity contribution in [1.29, 1.82) is 0 Å². The standard InChI is InChI=1S/C64H56N3.Ir/c1-62(2,52-29-32-59(66-42-52)47-18-10-7-11-19-47)39-45-34-44(35-46(36-45)40-63(3,4)53-30-33-60(67-43-53)48-20-12-8-13-21-48)26-27-51-41-65-61(49-22-14-9-15-23-49)38-55(51)50-28-31-58-56(37-50)54-24-16-17-25-57(54)64(58,5)6;/h7-18,20,22,24-25,28-38,41-43H,26-27,39-40H2,1-6H3;/q-3;+3/i26D2,27D2;. The van der Waals surface area contributed by atoms with E-state index in [4.69, 9.17) is 15.0 Å². The minimum Gasteiger partial charge on any atom is -0.304 e. The first-order valence-electron chi connectivity index (χ1n) is 25.2. The van der Waals surface area contributed by atoms with Gasteiger partial charge in [0.2, 0.25) is 0 Å². The van der Waals surface area contributed by atoms with Gasteiger partial charge in [-0.25, -0.2) is 0 Å². The third-order valence-electron chi connectivity index (χ3n) is 13.5. The van der Waals surface area contributed by atoms with Crippen LogP contribution in [0.25, 0.3) is 56.0 Å². The molecule has 6 aromatic carbocycles. The summed E-state index contributed by atoms with van der Waals surface area (Å²) in [5.74, 6) is 0. The molecular weight excluding hydrogens is 1000 g/mol. The van der Waals surface area contributed by atoms with E-state index in [-0.39, 0.29) is 36.6 Å². The van der Waals surface area contributed by atoms with Gasteiger partial charge in [-0.15, -0.1) is 108 Å². The van der Waals surface area contributed by atoms with Gasteiger partial charge in [0.15, 0.2) is 0 Å². The van der Waals surface area contributed by atoms with Crippen molar-refractivity contribution in [2.24, 2.45) is 0 Å². The average molecular weight is 1060 g/mol. The SMILES string of the molecule is [2H]C([2H])(c1cc(CC(C)(C)c2ccc(-c3[c-]cccc3)nc2)cc(CC(C)(C)c2ccc(-c3[c-]cccc3)nc2)c1)C([2H])([2H])c1cnc(-c2[c-]cccc2)cc1-c1ccc2c(c1)-c1ccccc1C2(C)C.[Ir+3]. The van der Waals surface area contributed by atoms with E-state index in [1.807, 2.05) is 116 Å². The van der Waals surface area contributed by atoms with Gasteiger partial charge in [0.25, 0.3) is 0 Å². The van der Waals surface area contributed by atoms with Gasteiger partial charge < -0.3 is 15.0 Å². The number of aryl methyl sites for hydroxylation is 2. The van der Waals surface area contributed by atoms with Crippen LogP contribution < -0.4 is 0 Å². The molecule has 0 fully saturated rings. The van der Waals surface area contributed by atoms with Crippen LogP contribution >= 0.6 is 0 Å². The van der Waals surface area contributed by atoms with Gasteiger partial charge in [0, 0.05) is 29.5 Å². The zero-order valence-electron chi connectivity index (χ0n) is 43.4. The van der Waals surface area contributed by atoms with Gasteiger partial charge in [0.05, 0.1) is 0 Å². The van der Waals surface area contributed by atoms with Crippen molar-refractivity contribution < 1.29 is 25.6 Å². The Balaban J connectivity index is 0.00000640. The van der Waals surface area contributed by atoms with E-state index in [2.05, 4.69) is 120 Å². The molecule has 0 unspecified atom stereocenters. The Morgan fingerprint density at radius 1 is 0.471 bits per heavy atom. The smallest absolute Gasteiger partial charge is 0.304 e. The zero-order chi connectivity index (χ0) is 49.8. The molecule has 1 aliphatic rings. The molecule has 9 aromatic rings. The van der Waals surface area contributed by atoms with Crippen LogP contribution in [0.5, 0.6) is 0 Å². The second-order valence-electron chi connectivity index (χ2n) is 19.6. The van der Waals surface area contributed by atoms with Crippen molar-refractivity contribution >= 4 is 0 Å². The largest absolute Gasteiger partial charge is 3.00 e. The number of benzene rings is 6. The minimum absolute atomic E-state index is 0. The summed E-state index contributed by atoms with van der Waals surface area (Å²) in [7, 11) is 0. The topological polar surface area (TPSA) is 38.7 Å². The van der Waals surface area contributed by atoms with E-state index in [1.165, 1.54) is 11.1 Å². The fourth-order valence-electron chi connectivity index (χ4n) is 9.80. The van der Waals surface area contributed by atoms with Gasteiger partial charge in [-0.2, -0.15) is 0 Å². The van der Waals surface area contributed by atoms with E-state index < -0.39 is 23.6 Å². The van der Waals surface area contributed by atoms with Gasteiger partial charge in [0.1, 0.15) is 0 Å². The van der Waals surface area contributed by atoms with Crippen LogP contribution in [0.2, 0.25) is 0 Å². The summed E-state index contributed by atoms with van der Waals surface area (Å²) in [5.41, 5.74) is 14.3. The van der Waals surface area contributed by atoms with Crippen LogP contribution in [0.15, 0.2) is 182 Å². The summed E-state index contributed by atoms with van der Waals surface area (Å²) in [6.07, 6.45) is 1.41. The van der Waals surface area contributed by atoms with Crippen molar-refractivity contribution in [3.63, 3.8) is 0 Å². The molecule has 1 aliphatic carbocycles. The number of aromatic nitrogens is 3. The third-order valence-corrected chi connectivity index (χ3v) is 13.5. The Labute approximate surface area is 422 Å². The first kappa shape index (κ1) is 41.6. The molecule has 0 spiro atoms. The molecular formula is C64H56IrN3. The monoisotopic (exact) mass is 1060 g/mol. The maximum Gasteiger partial charge on any atom is 3.00 e. The van der Waals surface area contributed by atoms with Crippen LogP contribution in [-0.4, -0.2) is 15.0 Å². The Bertz CT molecular complexity index is 3260. The number of fused-ring (bicyclic) bond motifs is 3. The molecule has 0 saturated heterocycles. The van der Waals surface area contributed by atoms with E-state index >= 15 is 0 Å². The van der Waals surface area contributed by atoms with Crippen LogP contribution in [-0.2, 0) is 61.9 Å². The summed E-state index contributed by atoms with van der Waals surface area (Å²) in [6.45, 7) is 13.2. The quantitative estimate of drug-likeness (QED) is 0.108. The fraction of sp³-hybridized carbons (Fsp3) is 0.203. The van der Waals surface area contributed by atoms with Gasteiger partial charge in [-0.05, 0) is 126 Å². The molecule has 0 radical (unpaired) electrons. The molecule has 10 rings (SSSR count). The normalized spacial score (nSPS) is 14.1. The average Bonchev–Trinajstić information content (AvgIpc) is 3.61. The maximum atomic E-state index is 10.1. The van der Waals surface area contributed by atoms with Crippen LogP contribution in [0, 0.1) is 18.2 Å². The van der Waals surface area contributed by atoms with Crippen molar-refractivity contribution in [3.05, 3.63) is 245 Å². The van der Waals surface area contributed by atoms with E-state index in [1.54, 1.807) is 6.20 Å². The van der Waals surface area contributed by atoms with Crippen LogP contribution in [0.1, 0.15) is 91.5 Å². The number of pyridine rings is 3. The molecule has 3 heterocycles. The summed E-state index contributed by atoms with van der Waals surface area (Å²) in [6, 6.07) is 64.0. The second-order valence-corrected chi connectivity index (χ2v) is 19.6. The molecule has 0 amide bonds. The summed E-state index contributed by atoms with van der Waals surface area (Å²) in [5, 5.41) is 0. The molecule has 68 heavy (non-hydrogen) atoms. The molecule has 4 heteroatoms. The molecule has 0 atom stereocenters. The van der Waals surface area contributed by atoms with Crippen LogP contribution in [0.3, 0.4) is 0 Å². The molecule has 3 aromatic heterocycles. The van der Waals surface area contributed by atoms with Crippen molar-refractivity contribution in [2.45, 2.75) is 83.4 Å². The van der Waals surface area contributed by atoms with E-state index in [0.717, 1.165) is 67.0 Å². The molecule has 0 aliphatic heterocycles. The second kappa shape index (κ2) is 19.2. The van der Waals surface area contributed by atoms with Gasteiger partial charge in [-0.3, -0.25) is 0 Å². The molecule has 0 bridgehead atoms. The summed E-state index contributed by atoms with van der Waals surface area (Å²) in [4.78, 5) is 14.5. The molecule has 3 nitrogen and oxygen atoms in total. The Hall–Kier alpha value is -6.58. The maximum absolute atomic E-state index is 10.1. The first-order chi connectivity index (χ1) is 33.9. The van der Waals surface area contributed by atoms with E-state index in [0.29, 0.717) is 24.1 Å².